The maximum absolute atomic E-state index is 12.1. The van der Waals surface area contributed by atoms with E-state index in [1.54, 1.807) is 0 Å². The summed E-state index contributed by atoms with van der Waals surface area (Å²) in [4.78, 5) is 13.9. The SMILES string of the molecule is CSC1(CNCC2CCN(C(=O)OC(C)(C)C)CC2)CCCC1. The normalized spacial score (nSPS) is 22.3. The quantitative estimate of drug-likeness (QED) is 0.823. The second kappa shape index (κ2) is 8.11. The number of rotatable bonds is 5. The first-order valence-corrected chi connectivity index (χ1v) is 10.3. The zero-order valence-corrected chi connectivity index (χ0v) is 16.1. The monoisotopic (exact) mass is 342 g/mol. The Morgan fingerprint density at radius 3 is 2.39 bits per heavy atom. The van der Waals surface area contributed by atoms with Gasteiger partial charge in [0.2, 0.25) is 0 Å². The summed E-state index contributed by atoms with van der Waals surface area (Å²) in [6.45, 7) is 9.65. The van der Waals surface area contributed by atoms with E-state index in [0.717, 1.165) is 39.0 Å². The van der Waals surface area contributed by atoms with E-state index in [0.29, 0.717) is 10.7 Å². The highest BCUT2D eigenvalue weighted by Gasteiger charge is 2.33. The highest BCUT2D eigenvalue weighted by Crippen LogP contribution is 2.39. The van der Waals surface area contributed by atoms with Crippen LogP contribution >= 0.6 is 11.8 Å². The molecule has 2 rings (SSSR count). The third kappa shape index (κ3) is 5.86. The standard InChI is InChI=1S/C18H34N2O2S/c1-17(2,3)22-16(21)20-11-7-15(8-12-20)13-19-14-18(23-4)9-5-6-10-18/h15,19H,5-14H2,1-4H3. The summed E-state index contributed by atoms with van der Waals surface area (Å²) in [6, 6.07) is 0. The summed E-state index contributed by atoms with van der Waals surface area (Å²) < 4.78 is 5.94. The number of nitrogens with zero attached hydrogens (tertiary/aromatic N) is 1. The molecule has 0 spiro atoms. The Morgan fingerprint density at radius 2 is 1.87 bits per heavy atom. The van der Waals surface area contributed by atoms with Crippen molar-refractivity contribution < 1.29 is 9.53 Å². The molecule has 5 heteroatoms. The fraction of sp³-hybridized carbons (Fsp3) is 0.944. The fourth-order valence-corrected chi connectivity index (χ4v) is 4.57. The highest BCUT2D eigenvalue weighted by atomic mass is 32.2. The molecule has 0 aromatic carbocycles. The molecule has 0 radical (unpaired) electrons. The predicted molar refractivity (Wildman–Crippen MR) is 98.1 cm³/mol. The molecule has 1 N–H and O–H groups in total. The van der Waals surface area contributed by atoms with Crippen molar-refractivity contribution >= 4 is 17.9 Å². The molecular formula is C18H34N2O2S. The van der Waals surface area contributed by atoms with Gasteiger partial charge in [-0.15, -0.1) is 0 Å². The van der Waals surface area contributed by atoms with E-state index < -0.39 is 5.60 Å². The Hall–Kier alpha value is -0.420. The lowest BCUT2D eigenvalue weighted by Crippen LogP contribution is -2.44. The van der Waals surface area contributed by atoms with Crippen LogP contribution in [-0.2, 0) is 4.74 Å². The highest BCUT2D eigenvalue weighted by molar-refractivity contribution is 8.00. The van der Waals surface area contributed by atoms with Gasteiger partial charge in [-0.05, 0) is 65.2 Å². The lowest BCUT2D eigenvalue weighted by Gasteiger charge is -2.34. The van der Waals surface area contributed by atoms with Crippen LogP contribution in [0.1, 0.15) is 59.3 Å². The molecule has 23 heavy (non-hydrogen) atoms. The molecule has 0 aromatic heterocycles. The van der Waals surface area contributed by atoms with E-state index in [4.69, 9.17) is 4.74 Å². The minimum atomic E-state index is -0.400. The molecule has 1 saturated carbocycles. The Balaban J connectivity index is 1.66. The van der Waals surface area contributed by atoms with Crippen molar-refractivity contribution in [2.75, 3.05) is 32.4 Å². The average Bonchev–Trinajstić information content (AvgIpc) is 2.95. The first kappa shape index (κ1) is 18.9. The fourth-order valence-electron chi connectivity index (χ4n) is 3.62. The van der Waals surface area contributed by atoms with Crippen molar-refractivity contribution in [1.29, 1.82) is 0 Å². The molecule has 1 amide bonds. The van der Waals surface area contributed by atoms with E-state index >= 15 is 0 Å². The molecule has 134 valence electrons. The Labute approximate surface area is 146 Å². The number of hydrogen-bond donors (Lipinski definition) is 1. The van der Waals surface area contributed by atoms with Crippen LogP contribution in [-0.4, -0.2) is 53.8 Å². The number of likely N-dealkylation sites (tertiary alicyclic amines) is 1. The first-order chi connectivity index (χ1) is 10.8. The van der Waals surface area contributed by atoms with Crippen LogP contribution in [0.2, 0.25) is 0 Å². The van der Waals surface area contributed by atoms with Crippen LogP contribution in [0, 0.1) is 5.92 Å². The van der Waals surface area contributed by atoms with Crippen molar-refractivity contribution in [3.8, 4) is 0 Å². The van der Waals surface area contributed by atoms with Crippen LogP contribution in [0.4, 0.5) is 4.79 Å². The van der Waals surface area contributed by atoms with Crippen molar-refractivity contribution in [2.45, 2.75) is 69.6 Å². The van der Waals surface area contributed by atoms with Gasteiger partial charge in [-0.2, -0.15) is 11.8 Å². The second-order valence-electron chi connectivity index (χ2n) is 8.14. The van der Waals surface area contributed by atoms with Gasteiger partial charge in [-0.25, -0.2) is 4.79 Å². The minimum Gasteiger partial charge on any atom is -0.444 e. The predicted octanol–water partition coefficient (Wildman–Crippen LogP) is 3.90. The third-order valence-electron chi connectivity index (χ3n) is 5.09. The van der Waals surface area contributed by atoms with Crippen LogP contribution in [0.25, 0.3) is 0 Å². The van der Waals surface area contributed by atoms with Crippen molar-refractivity contribution in [2.24, 2.45) is 5.92 Å². The zero-order chi connectivity index (χ0) is 16.9. The third-order valence-corrected chi connectivity index (χ3v) is 6.51. The molecule has 1 aliphatic heterocycles. The lowest BCUT2D eigenvalue weighted by molar-refractivity contribution is 0.0184. The molecule has 1 saturated heterocycles. The van der Waals surface area contributed by atoms with E-state index in [-0.39, 0.29) is 6.09 Å². The maximum atomic E-state index is 12.1. The first-order valence-electron chi connectivity index (χ1n) is 9.07. The number of hydrogen-bond acceptors (Lipinski definition) is 4. The average molecular weight is 343 g/mol. The summed E-state index contributed by atoms with van der Waals surface area (Å²) in [7, 11) is 0. The number of piperidine rings is 1. The Morgan fingerprint density at radius 1 is 1.26 bits per heavy atom. The molecule has 0 atom stereocenters. The second-order valence-corrected chi connectivity index (χ2v) is 9.41. The molecular weight excluding hydrogens is 308 g/mol. The zero-order valence-electron chi connectivity index (χ0n) is 15.3. The van der Waals surface area contributed by atoms with Crippen LogP contribution in [0.3, 0.4) is 0 Å². The number of thioether (sulfide) groups is 1. The molecule has 1 heterocycles. The molecule has 2 fully saturated rings. The van der Waals surface area contributed by atoms with E-state index in [2.05, 4.69) is 11.6 Å². The largest absolute Gasteiger partial charge is 0.444 e. The lowest BCUT2D eigenvalue weighted by atomic mass is 9.96. The van der Waals surface area contributed by atoms with Gasteiger partial charge >= 0.3 is 6.09 Å². The Bertz CT molecular complexity index is 381. The minimum absolute atomic E-state index is 0.156. The van der Waals surface area contributed by atoms with Crippen molar-refractivity contribution in [1.82, 2.24) is 10.2 Å². The van der Waals surface area contributed by atoms with Gasteiger partial charge in [-0.3, -0.25) is 0 Å². The number of nitrogens with one attached hydrogen (secondary N) is 1. The smallest absolute Gasteiger partial charge is 0.410 e. The maximum Gasteiger partial charge on any atom is 0.410 e. The topological polar surface area (TPSA) is 41.6 Å². The number of carbonyl (C=O) groups is 1. The van der Waals surface area contributed by atoms with Gasteiger partial charge < -0.3 is 15.0 Å². The van der Waals surface area contributed by atoms with E-state index in [1.807, 2.05) is 37.4 Å². The van der Waals surface area contributed by atoms with Crippen LogP contribution in [0.15, 0.2) is 0 Å². The molecule has 4 nitrogen and oxygen atoms in total. The molecule has 2 aliphatic rings. The van der Waals surface area contributed by atoms with Gasteiger partial charge in [0.25, 0.3) is 0 Å². The van der Waals surface area contributed by atoms with E-state index in [1.165, 1.54) is 25.7 Å². The van der Waals surface area contributed by atoms with Gasteiger partial charge in [-0.1, -0.05) is 12.8 Å². The number of ether oxygens (including phenoxy) is 1. The summed E-state index contributed by atoms with van der Waals surface area (Å²) in [5.74, 6) is 0.689. The summed E-state index contributed by atoms with van der Waals surface area (Å²) in [5.41, 5.74) is -0.400. The van der Waals surface area contributed by atoms with Gasteiger partial charge in [0.05, 0.1) is 0 Å². The molecule has 0 unspecified atom stereocenters. The molecule has 0 bridgehead atoms. The molecule has 0 aromatic rings. The van der Waals surface area contributed by atoms with Crippen molar-refractivity contribution in [3.63, 3.8) is 0 Å². The number of carbonyl (C=O) groups excluding carboxylic acids is 1. The summed E-state index contributed by atoms with van der Waals surface area (Å²) in [6.07, 6.45) is 9.75. The molecule has 1 aliphatic carbocycles. The van der Waals surface area contributed by atoms with Gasteiger partial charge in [0.15, 0.2) is 0 Å². The van der Waals surface area contributed by atoms with E-state index in [9.17, 15) is 4.79 Å². The van der Waals surface area contributed by atoms with Crippen LogP contribution in [0.5, 0.6) is 0 Å². The summed E-state index contributed by atoms with van der Waals surface area (Å²) >= 11 is 2.04. The van der Waals surface area contributed by atoms with Gasteiger partial charge in [0.1, 0.15) is 5.60 Å². The van der Waals surface area contributed by atoms with Crippen LogP contribution < -0.4 is 5.32 Å². The summed E-state index contributed by atoms with van der Waals surface area (Å²) in [5, 5.41) is 3.72. The Kier molecular flexibility index (Phi) is 6.66. The van der Waals surface area contributed by atoms with Gasteiger partial charge in [0, 0.05) is 24.4 Å². The number of amides is 1. The van der Waals surface area contributed by atoms with Crippen molar-refractivity contribution in [3.05, 3.63) is 0 Å².